The molecule has 8 heteroatoms. The molecule has 3 aromatic carbocycles. The van der Waals surface area contributed by atoms with Gasteiger partial charge in [0.15, 0.2) is 11.3 Å². The van der Waals surface area contributed by atoms with Crippen molar-refractivity contribution in [3.63, 3.8) is 0 Å². The van der Waals surface area contributed by atoms with E-state index in [-0.39, 0.29) is 17.0 Å². The third kappa shape index (κ3) is 2.36. The number of hydrogen-bond donors (Lipinski definition) is 2. The summed E-state index contributed by atoms with van der Waals surface area (Å²) in [5, 5.41) is 14.0. The molecule has 6 rings (SSSR count). The van der Waals surface area contributed by atoms with Gasteiger partial charge in [0.1, 0.15) is 11.7 Å². The number of benzene rings is 3. The molecule has 0 aliphatic carbocycles. The van der Waals surface area contributed by atoms with Gasteiger partial charge in [0.25, 0.3) is 5.78 Å². The van der Waals surface area contributed by atoms with E-state index < -0.39 is 46.4 Å². The van der Waals surface area contributed by atoms with Crippen LogP contribution in [0.15, 0.2) is 84.4 Å². The van der Waals surface area contributed by atoms with Gasteiger partial charge in [0.05, 0.1) is 11.3 Å². The first-order valence-electron chi connectivity index (χ1n) is 10.6. The predicted molar refractivity (Wildman–Crippen MR) is 121 cm³/mol. The van der Waals surface area contributed by atoms with Gasteiger partial charge in [-0.2, -0.15) is 0 Å². The maximum atomic E-state index is 13.8. The minimum atomic E-state index is -2.24. The number of amides is 2. The number of ketones is 1. The third-order valence-electron chi connectivity index (χ3n) is 6.47. The van der Waals surface area contributed by atoms with Crippen LogP contribution in [0.4, 0.5) is 11.4 Å². The second kappa shape index (κ2) is 6.89. The van der Waals surface area contributed by atoms with E-state index in [1.807, 2.05) is 0 Å². The molecule has 34 heavy (non-hydrogen) atoms. The van der Waals surface area contributed by atoms with E-state index in [4.69, 9.17) is 4.74 Å². The van der Waals surface area contributed by atoms with Gasteiger partial charge in [-0.3, -0.25) is 19.3 Å². The van der Waals surface area contributed by atoms with E-state index in [0.29, 0.717) is 11.3 Å². The number of carbonyl (C=O) groups is 4. The number of esters is 1. The molecular weight excluding hydrogens is 436 g/mol. The molecule has 3 aromatic rings. The first-order valence-corrected chi connectivity index (χ1v) is 10.6. The van der Waals surface area contributed by atoms with Crippen molar-refractivity contribution in [3.8, 4) is 5.75 Å². The van der Waals surface area contributed by atoms with E-state index in [1.54, 1.807) is 66.7 Å². The molecule has 8 nitrogen and oxygen atoms in total. The van der Waals surface area contributed by atoms with Gasteiger partial charge < -0.3 is 15.2 Å². The zero-order valence-corrected chi connectivity index (χ0v) is 17.5. The van der Waals surface area contributed by atoms with Crippen LogP contribution in [0.1, 0.15) is 17.0 Å². The standard InChI is InChI=1S/C26H16N2O6/c29-21(14-8-2-1-3-9-14)20-22(30)24(32)28-17-12-6-7-13-18(17)34-25(33)26(20,28)19-15-10-4-5-11-16(15)27-23(19)31/h1-13,19,29H,(H,27,31)/b21-20-. The summed E-state index contributed by atoms with van der Waals surface area (Å²) in [7, 11) is 0. The highest BCUT2D eigenvalue weighted by atomic mass is 16.5. The van der Waals surface area contributed by atoms with Crippen molar-refractivity contribution < 1.29 is 29.0 Å². The molecule has 166 valence electrons. The second-order valence-corrected chi connectivity index (χ2v) is 8.19. The van der Waals surface area contributed by atoms with E-state index in [9.17, 15) is 24.3 Å². The second-order valence-electron chi connectivity index (χ2n) is 8.19. The van der Waals surface area contributed by atoms with Crippen molar-refractivity contribution in [2.75, 3.05) is 10.2 Å². The Labute approximate surface area is 193 Å². The van der Waals surface area contributed by atoms with E-state index in [0.717, 1.165) is 4.90 Å². The van der Waals surface area contributed by atoms with Crippen molar-refractivity contribution in [2.45, 2.75) is 11.5 Å². The van der Waals surface area contributed by atoms with Crippen LogP contribution < -0.4 is 15.0 Å². The Morgan fingerprint density at radius 2 is 1.56 bits per heavy atom. The van der Waals surface area contributed by atoms with Gasteiger partial charge in [0.2, 0.25) is 5.91 Å². The maximum Gasteiger partial charge on any atom is 0.344 e. The molecular formula is C26H16N2O6. The summed E-state index contributed by atoms with van der Waals surface area (Å²) in [5.41, 5.74) is -1.48. The summed E-state index contributed by atoms with van der Waals surface area (Å²) in [6.07, 6.45) is 0. The van der Waals surface area contributed by atoms with Crippen molar-refractivity contribution in [2.24, 2.45) is 0 Å². The topological polar surface area (TPSA) is 113 Å². The highest BCUT2D eigenvalue weighted by Gasteiger charge is 2.71. The van der Waals surface area contributed by atoms with Gasteiger partial charge in [-0.05, 0) is 23.8 Å². The lowest BCUT2D eigenvalue weighted by atomic mass is 9.73. The lowest BCUT2D eigenvalue weighted by Gasteiger charge is -2.43. The molecule has 2 unspecified atom stereocenters. The fourth-order valence-corrected chi connectivity index (χ4v) is 5.10. The fourth-order valence-electron chi connectivity index (χ4n) is 5.10. The summed E-state index contributed by atoms with van der Waals surface area (Å²) >= 11 is 0. The number of para-hydroxylation sites is 3. The first kappa shape index (κ1) is 19.9. The molecule has 2 atom stereocenters. The van der Waals surface area contributed by atoms with E-state index in [1.165, 1.54) is 12.1 Å². The van der Waals surface area contributed by atoms with Crippen LogP contribution in [0, 0.1) is 0 Å². The number of hydrogen-bond acceptors (Lipinski definition) is 6. The van der Waals surface area contributed by atoms with Gasteiger partial charge >= 0.3 is 11.9 Å². The Morgan fingerprint density at radius 3 is 2.35 bits per heavy atom. The van der Waals surface area contributed by atoms with Gasteiger partial charge in [-0.15, -0.1) is 0 Å². The molecule has 0 spiro atoms. The summed E-state index contributed by atoms with van der Waals surface area (Å²) in [6, 6.07) is 21.1. The Bertz CT molecular complexity index is 1460. The number of aliphatic hydroxyl groups is 1. The Hall–Kier alpha value is -4.72. The fraction of sp³-hybridized carbons (Fsp3) is 0.0769. The van der Waals surface area contributed by atoms with Crippen LogP contribution in [0.5, 0.6) is 5.75 Å². The molecule has 0 radical (unpaired) electrons. The quantitative estimate of drug-likeness (QED) is 0.203. The molecule has 0 aromatic heterocycles. The molecule has 0 bridgehead atoms. The molecule has 0 saturated carbocycles. The van der Waals surface area contributed by atoms with Crippen molar-refractivity contribution in [1.29, 1.82) is 0 Å². The summed E-state index contributed by atoms with van der Waals surface area (Å²) in [4.78, 5) is 55.2. The normalized spacial score (nSPS) is 24.2. The van der Waals surface area contributed by atoms with E-state index in [2.05, 4.69) is 5.32 Å². The molecule has 3 aliphatic heterocycles. The number of ether oxygens (including phenoxy) is 1. The smallest absolute Gasteiger partial charge is 0.344 e. The maximum absolute atomic E-state index is 13.8. The molecule has 2 amide bonds. The van der Waals surface area contributed by atoms with E-state index >= 15 is 0 Å². The lowest BCUT2D eigenvalue weighted by Crippen LogP contribution is -2.62. The molecule has 3 aliphatic rings. The number of anilines is 2. The number of nitrogens with zero attached hydrogens (tertiary/aromatic N) is 1. The predicted octanol–water partition coefficient (Wildman–Crippen LogP) is 2.97. The summed E-state index contributed by atoms with van der Waals surface area (Å²) < 4.78 is 5.63. The third-order valence-corrected chi connectivity index (χ3v) is 6.47. The van der Waals surface area contributed by atoms with Gasteiger partial charge in [-0.1, -0.05) is 60.7 Å². The van der Waals surface area contributed by atoms with Gasteiger partial charge in [-0.25, -0.2) is 4.79 Å². The minimum Gasteiger partial charge on any atom is -0.507 e. The van der Waals surface area contributed by atoms with Crippen LogP contribution in [-0.2, 0) is 19.2 Å². The summed E-state index contributed by atoms with van der Waals surface area (Å²) in [5.74, 6) is -5.51. The van der Waals surface area contributed by atoms with Crippen molar-refractivity contribution >= 4 is 40.7 Å². The molecule has 1 fully saturated rings. The summed E-state index contributed by atoms with van der Waals surface area (Å²) in [6.45, 7) is 0. The Kier molecular flexibility index (Phi) is 4.04. The number of rotatable bonds is 2. The van der Waals surface area contributed by atoms with Crippen LogP contribution in [0.3, 0.4) is 0 Å². The van der Waals surface area contributed by atoms with Crippen LogP contribution >= 0.6 is 0 Å². The number of nitrogens with one attached hydrogen (secondary N) is 1. The van der Waals surface area contributed by atoms with Crippen LogP contribution in [0.2, 0.25) is 0 Å². The Balaban J connectivity index is 1.74. The van der Waals surface area contributed by atoms with Crippen molar-refractivity contribution in [3.05, 3.63) is 95.6 Å². The van der Waals surface area contributed by atoms with Crippen molar-refractivity contribution in [1.82, 2.24) is 0 Å². The zero-order valence-electron chi connectivity index (χ0n) is 17.5. The minimum absolute atomic E-state index is 0.0800. The van der Waals surface area contributed by atoms with Crippen LogP contribution in [-0.4, -0.2) is 34.2 Å². The Morgan fingerprint density at radius 1 is 0.882 bits per heavy atom. The lowest BCUT2D eigenvalue weighted by molar-refractivity contribution is -0.143. The number of aliphatic hydroxyl groups excluding tert-OH is 1. The molecule has 2 N–H and O–H groups in total. The first-order chi connectivity index (χ1) is 16.5. The average molecular weight is 452 g/mol. The van der Waals surface area contributed by atoms with Gasteiger partial charge in [0, 0.05) is 11.3 Å². The molecule has 1 saturated heterocycles. The number of Topliss-reactive ketones (excluding diaryl/α,β-unsaturated/α-hetero) is 1. The number of fused-ring (bicyclic) bond motifs is 4. The molecule has 3 heterocycles. The number of carbonyl (C=O) groups excluding carboxylic acids is 4. The average Bonchev–Trinajstić information content (AvgIpc) is 3.31. The highest BCUT2D eigenvalue weighted by molar-refractivity contribution is 6.55. The van der Waals surface area contributed by atoms with Crippen LogP contribution in [0.25, 0.3) is 5.76 Å². The largest absolute Gasteiger partial charge is 0.507 e. The highest BCUT2D eigenvalue weighted by Crippen LogP contribution is 2.56. The monoisotopic (exact) mass is 452 g/mol. The SMILES string of the molecule is O=C1C(=O)N2c3ccccc3OC(=O)C2(C2C(=O)Nc3ccccc32)/C1=C(\O)c1ccccc1. The zero-order chi connectivity index (χ0) is 23.6.